The Balaban J connectivity index is 1.62. The number of nitrogens with zero attached hydrogens (tertiary/aromatic N) is 4. The average molecular weight is 382 g/mol. The summed E-state index contributed by atoms with van der Waals surface area (Å²) in [6.07, 6.45) is 4.06. The van der Waals surface area contributed by atoms with E-state index in [1.54, 1.807) is 6.92 Å². The van der Waals surface area contributed by atoms with Crippen LogP contribution < -0.4 is 4.90 Å². The highest BCUT2D eigenvalue weighted by atomic mass is 19.1. The lowest BCUT2D eigenvalue weighted by Gasteiger charge is -2.34. The summed E-state index contributed by atoms with van der Waals surface area (Å²) in [4.78, 5) is 25.8. The molecule has 1 saturated heterocycles. The maximum Gasteiger partial charge on any atom is 0.219 e. The molecule has 1 fully saturated rings. The smallest absolute Gasteiger partial charge is 0.219 e. The second-order valence-corrected chi connectivity index (χ2v) is 7.93. The highest BCUT2D eigenvalue weighted by Crippen LogP contribution is 2.32. The number of likely N-dealkylation sites (tertiary alicyclic amines) is 1. The number of benzene rings is 1. The number of rotatable bonds is 3. The standard InChI is InChI=1S/C22H27FN4O/c1-15-20-6-4-12-27(13-17-7-9-19(23)10-8-17)22(20)25-21(24-15)18-5-3-11-26(14-18)16(2)28/h7-10,18H,3-6,11-14H2,1-2H3/t18-/m1/s1. The molecule has 0 spiro atoms. The van der Waals surface area contributed by atoms with Crippen molar-refractivity contribution in [2.45, 2.75) is 52.0 Å². The number of amides is 1. The van der Waals surface area contributed by atoms with Crippen molar-refractivity contribution in [1.82, 2.24) is 14.9 Å². The molecule has 0 bridgehead atoms. The zero-order valence-corrected chi connectivity index (χ0v) is 16.6. The van der Waals surface area contributed by atoms with Gasteiger partial charge in [0.25, 0.3) is 0 Å². The van der Waals surface area contributed by atoms with Crippen molar-refractivity contribution in [2.75, 3.05) is 24.5 Å². The minimum Gasteiger partial charge on any atom is -0.352 e. The van der Waals surface area contributed by atoms with Gasteiger partial charge in [0, 0.05) is 50.3 Å². The molecule has 3 heterocycles. The van der Waals surface area contributed by atoms with Crippen molar-refractivity contribution in [2.24, 2.45) is 0 Å². The number of halogens is 1. The first-order chi connectivity index (χ1) is 13.5. The minimum absolute atomic E-state index is 0.123. The van der Waals surface area contributed by atoms with Crippen LogP contribution in [0.3, 0.4) is 0 Å². The maximum absolute atomic E-state index is 13.2. The van der Waals surface area contributed by atoms with E-state index in [0.29, 0.717) is 13.1 Å². The number of carbonyl (C=O) groups is 1. The molecular weight excluding hydrogens is 355 g/mol. The van der Waals surface area contributed by atoms with E-state index < -0.39 is 0 Å². The van der Waals surface area contributed by atoms with Crippen LogP contribution in [0.25, 0.3) is 0 Å². The molecule has 4 rings (SSSR count). The monoisotopic (exact) mass is 382 g/mol. The average Bonchev–Trinajstić information content (AvgIpc) is 2.70. The molecule has 0 N–H and O–H groups in total. The lowest BCUT2D eigenvalue weighted by molar-refractivity contribution is -0.130. The van der Waals surface area contributed by atoms with Gasteiger partial charge in [0.15, 0.2) is 0 Å². The van der Waals surface area contributed by atoms with Crippen molar-refractivity contribution in [3.63, 3.8) is 0 Å². The molecule has 2 aromatic rings. The van der Waals surface area contributed by atoms with Crippen molar-refractivity contribution in [3.8, 4) is 0 Å². The van der Waals surface area contributed by atoms with Crippen LogP contribution in [0.5, 0.6) is 0 Å². The number of fused-ring (bicyclic) bond motifs is 1. The summed E-state index contributed by atoms with van der Waals surface area (Å²) in [5, 5.41) is 0. The van der Waals surface area contributed by atoms with Gasteiger partial charge in [-0.2, -0.15) is 0 Å². The molecule has 2 aliphatic rings. The summed E-state index contributed by atoms with van der Waals surface area (Å²) in [6.45, 7) is 6.87. The summed E-state index contributed by atoms with van der Waals surface area (Å²) in [7, 11) is 0. The normalized spacial score (nSPS) is 19.5. The fourth-order valence-corrected chi connectivity index (χ4v) is 4.33. The third-order valence-electron chi connectivity index (χ3n) is 5.88. The van der Waals surface area contributed by atoms with Crippen LogP contribution in [0.2, 0.25) is 0 Å². The van der Waals surface area contributed by atoms with Crippen molar-refractivity contribution in [3.05, 3.63) is 52.7 Å². The van der Waals surface area contributed by atoms with Crippen LogP contribution in [0, 0.1) is 12.7 Å². The second kappa shape index (κ2) is 7.86. The van der Waals surface area contributed by atoms with E-state index in [1.165, 1.54) is 17.7 Å². The van der Waals surface area contributed by atoms with Crippen LogP contribution in [0.4, 0.5) is 10.2 Å². The number of hydrogen-bond donors (Lipinski definition) is 0. The Kier molecular flexibility index (Phi) is 5.29. The topological polar surface area (TPSA) is 49.3 Å². The Hall–Kier alpha value is -2.50. The van der Waals surface area contributed by atoms with Gasteiger partial charge in [0.05, 0.1) is 0 Å². The van der Waals surface area contributed by atoms with Gasteiger partial charge in [-0.1, -0.05) is 12.1 Å². The van der Waals surface area contributed by atoms with Crippen LogP contribution >= 0.6 is 0 Å². The van der Waals surface area contributed by atoms with Crippen molar-refractivity contribution in [1.29, 1.82) is 0 Å². The van der Waals surface area contributed by atoms with E-state index in [1.807, 2.05) is 17.0 Å². The van der Waals surface area contributed by atoms with Crippen LogP contribution in [-0.4, -0.2) is 40.4 Å². The highest BCUT2D eigenvalue weighted by molar-refractivity contribution is 5.73. The molecule has 0 saturated carbocycles. The predicted molar refractivity (Wildman–Crippen MR) is 107 cm³/mol. The summed E-state index contributed by atoms with van der Waals surface area (Å²) in [5.74, 6) is 1.97. The molecule has 1 atom stereocenters. The summed E-state index contributed by atoms with van der Waals surface area (Å²) in [5.41, 5.74) is 3.34. The first-order valence-corrected chi connectivity index (χ1v) is 10.1. The Labute approximate surface area is 165 Å². The van der Waals surface area contributed by atoms with Gasteiger partial charge in [-0.3, -0.25) is 4.79 Å². The molecular formula is C22H27FN4O. The van der Waals surface area contributed by atoms with E-state index in [-0.39, 0.29) is 17.6 Å². The first kappa shape index (κ1) is 18.8. The Bertz CT molecular complexity index is 868. The molecule has 6 heteroatoms. The first-order valence-electron chi connectivity index (χ1n) is 10.1. The van der Waals surface area contributed by atoms with Gasteiger partial charge in [-0.05, 0) is 50.3 Å². The Morgan fingerprint density at radius 3 is 2.71 bits per heavy atom. The number of hydrogen-bond acceptors (Lipinski definition) is 4. The third kappa shape index (κ3) is 3.86. The zero-order chi connectivity index (χ0) is 19.7. The van der Waals surface area contributed by atoms with Gasteiger partial charge >= 0.3 is 0 Å². The van der Waals surface area contributed by atoms with Crippen molar-refractivity contribution < 1.29 is 9.18 Å². The molecule has 0 radical (unpaired) electrons. The molecule has 0 aliphatic carbocycles. The molecule has 1 amide bonds. The van der Waals surface area contributed by atoms with Gasteiger partial charge < -0.3 is 9.80 Å². The van der Waals surface area contributed by atoms with Crippen LogP contribution in [-0.2, 0) is 17.8 Å². The molecule has 1 aromatic carbocycles. The third-order valence-corrected chi connectivity index (χ3v) is 5.88. The van der Waals surface area contributed by atoms with E-state index in [0.717, 1.165) is 61.7 Å². The van der Waals surface area contributed by atoms with Gasteiger partial charge in [-0.15, -0.1) is 0 Å². The summed E-state index contributed by atoms with van der Waals surface area (Å²) in [6, 6.07) is 6.69. The van der Waals surface area contributed by atoms with E-state index >= 15 is 0 Å². The second-order valence-electron chi connectivity index (χ2n) is 7.93. The largest absolute Gasteiger partial charge is 0.352 e. The lowest BCUT2D eigenvalue weighted by atomic mass is 9.96. The zero-order valence-electron chi connectivity index (χ0n) is 16.6. The van der Waals surface area contributed by atoms with Crippen LogP contribution in [0.1, 0.15) is 54.7 Å². The molecule has 5 nitrogen and oxygen atoms in total. The van der Waals surface area contributed by atoms with E-state index in [9.17, 15) is 9.18 Å². The SMILES string of the molecule is CC(=O)N1CCC[C@@H](c2nc(C)c3c(n2)N(Cc2ccc(F)cc2)CCC3)C1. The molecule has 28 heavy (non-hydrogen) atoms. The summed E-state index contributed by atoms with van der Waals surface area (Å²) < 4.78 is 13.2. The molecule has 2 aliphatic heterocycles. The maximum atomic E-state index is 13.2. The Morgan fingerprint density at radius 2 is 1.96 bits per heavy atom. The fourth-order valence-electron chi connectivity index (χ4n) is 4.33. The lowest BCUT2D eigenvalue weighted by Crippen LogP contribution is -2.38. The van der Waals surface area contributed by atoms with Crippen LogP contribution in [0.15, 0.2) is 24.3 Å². The Morgan fingerprint density at radius 1 is 1.18 bits per heavy atom. The minimum atomic E-state index is -0.212. The van der Waals surface area contributed by atoms with Gasteiger partial charge in [0.1, 0.15) is 17.5 Å². The molecule has 0 unspecified atom stereocenters. The summed E-state index contributed by atoms with van der Waals surface area (Å²) >= 11 is 0. The number of piperidine rings is 1. The number of anilines is 1. The molecule has 148 valence electrons. The number of carbonyl (C=O) groups excluding carboxylic acids is 1. The predicted octanol–water partition coefficient (Wildman–Crippen LogP) is 3.60. The quantitative estimate of drug-likeness (QED) is 0.814. The molecule has 1 aromatic heterocycles. The van der Waals surface area contributed by atoms with E-state index in [2.05, 4.69) is 11.8 Å². The van der Waals surface area contributed by atoms with E-state index in [4.69, 9.17) is 9.97 Å². The van der Waals surface area contributed by atoms with Gasteiger partial charge in [0.2, 0.25) is 5.91 Å². The number of aryl methyl sites for hydroxylation is 1. The van der Waals surface area contributed by atoms with Gasteiger partial charge in [-0.25, -0.2) is 14.4 Å². The number of aromatic nitrogens is 2. The van der Waals surface area contributed by atoms with Crippen molar-refractivity contribution >= 4 is 11.7 Å². The highest BCUT2D eigenvalue weighted by Gasteiger charge is 2.28. The fraction of sp³-hybridized carbons (Fsp3) is 0.500.